The van der Waals surface area contributed by atoms with Crippen LogP contribution in [0.25, 0.3) is 0 Å². The largest absolute Gasteiger partial charge is 0.370 e. The van der Waals surface area contributed by atoms with Crippen molar-refractivity contribution in [2.45, 2.75) is 64.6 Å². The molecule has 0 saturated carbocycles. The second-order valence-corrected chi connectivity index (χ2v) is 3.58. The van der Waals surface area contributed by atoms with Gasteiger partial charge in [-0.2, -0.15) is 0 Å². The van der Waals surface area contributed by atoms with Crippen LogP contribution in [0.5, 0.6) is 0 Å². The highest BCUT2D eigenvalue weighted by Crippen LogP contribution is 2.26. The molecular formula is C10H20O. The van der Waals surface area contributed by atoms with E-state index in [9.17, 15) is 0 Å². The quantitative estimate of drug-likeness (QED) is 0.425. The van der Waals surface area contributed by atoms with Gasteiger partial charge in [-0.15, -0.1) is 0 Å². The summed E-state index contributed by atoms with van der Waals surface area (Å²) in [6.45, 7) is 4.42. The fourth-order valence-corrected chi connectivity index (χ4v) is 1.48. The number of rotatable bonds is 6. The molecule has 1 fully saturated rings. The van der Waals surface area contributed by atoms with Gasteiger partial charge in [-0.3, -0.25) is 0 Å². The fraction of sp³-hybridized carbons (Fsp3) is 1.00. The Balaban J connectivity index is 1.74. The molecule has 1 nitrogen and oxygen atoms in total. The predicted octanol–water partition coefficient (Wildman–Crippen LogP) is 3.13. The first-order chi connectivity index (χ1) is 5.34. The zero-order valence-electron chi connectivity index (χ0n) is 7.81. The van der Waals surface area contributed by atoms with Gasteiger partial charge in [0.05, 0.1) is 12.2 Å². The van der Waals surface area contributed by atoms with Crippen molar-refractivity contribution in [1.29, 1.82) is 0 Å². The summed E-state index contributed by atoms with van der Waals surface area (Å²) in [5, 5.41) is 0. The van der Waals surface area contributed by atoms with Crippen molar-refractivity contribution in [2.75, 3.05) is 0 Å². The molecule has 0 aliphatic carbocycles. The van der Waals surface area contributed by atoms with Gasteiger partial charge < -0.3 is 4.74 Å². The highest BCUT2D eigenvalue weighted by molar-refractivity contribution is 4.79. The maximum Gasteiger partial charge on any atom is 0.0839 e. The van der Waals surface area contributed by atoms with E-state index >= 15 is 0 Å². The molecule has 0 aromatic rings. The molecule has 1 heterocycles. The van der Waals surface area contributed by atoms with Gasteiger partial charge in [-0.05, 0) is 13.3 Å². The predicted molar refractivity (Wildman–Crippen MR) is 47.7 cm³/mol. The van der Waals surface area contributed by atoms with E-state index in [4.69, 9.17) is 4.74 Å². The third kappa shape index (κ3) is 3.76. The molecule has 11 heavy (non-hydrogen) atoms. The van der Waals surface area contributed by atoms with E-state index in [0.29, 0.717) is 12.2 Å². The Hall–Kier alpha value is -0.0400. The minimum Gasteiger partial charge on any atom is -0.370 e. The average molecular weight is 156 g/mol. The van der Waals surface area contributed by atoms with Crippen LogP contribution >= 0.6 is 0 Å². The molecule has 1 aliphatic heterocycles. The second-order valence-electron chi connectivity index (χ2n) is 3.58. The van der Waals surface area contributed by atoms with Crippen molar-refractivity contribution in [3.05, 3.63) is 0 Å². The first kappa shape index (κ1) is 9.05. The SMILES string of the molecule is CCCCCCC[C@@H]1O[C@H]1C. The highest BCUT2D eigenvalue weighted by atomic mass is 16.6. The van der Waals surface area contributed by atoms with E-state index < -0.39 is 0 Å². The summed E-state index contributed by atoms with van der Waals surface area (Å²) in [5.74, 6) is 0. The van der Waals surface area contributed by atoms with Crippen LogP contribution in [0.15, 0.2) is 0 Å². The van der Waals surface area contributed by atoms with Gasteiger partial charge in [0.25, 0.3) is 0 Å². The Labute approximate surface area is 70.1 Å². The third-order valence-corrected chi connectivity index (χ3v) is 2.43. The summed E-state index contributed by atoms with van der Waals surface area (Å²) >= 11 is 0. The zero-order valence-corrected chi connectivity index (χ0v) is 7.81. The number of ether oxygens (including phenoxy) is 1. The molecule has 0 spiro atoms. The molecule has 0 unspecified atom stereocenters. The Kier molecular flexibility index (Phi) is 3.92. The van der Waals surface area contributed by atoms with Crippen LogP contribution in [0.3, 0.4) is 0 Å². The van der Waals surface area contributed by atoms with Crippen molar-refractivity contribution in [2.24, 2.45) is 0 Å². The molecule has 1 rings (SSSR count). The second kappa shape index (κ2) is 4.76. The molecule has 0 amide bonds. The molecule has 66 valence electrons. The first-order valence-electron chi connectivity index (χ1n) is 5.00. The summed E-state index contributed by atoms with van der Waals surface area (Å²) in [7, 11) is 0. The van der Waals surface area contributed by atoms with Crippen molar-refractivity contribution in [3.8, 4) is 0 Å². The van der Waals surface area contributed by atoms with Gasteiger partial charge >= 0.3 is 0 Å². The lowest BCUT2D eigenvalue weighted by Crippen LogP contribution is -1.89. The molecular weight excluding hydrogens is 136 g/mol. The summed E-state index contributed by atoms with van der Waals surface area (Å²) < 4.78 is 5.32. The van der Waals surface area contributed by atoms with Crippen LogP contribution in [0.4, 0.5) is 0 Å². The maximum atomic E-state index is 5.32. The van der Waals surface area contributed by atoms with Crippen molar-refractivity contribution < 1.29 is 4.74 Å². The molecule has 2 atom stereocenters. The van der Waals surface area contributed by atoms with Crippen LogP contribution < -0.4 is 0 Å². The average Bonchev–Trinajstić information content (AvgIpc) is 2.67. The Morgan fingerprint density at radius 1 is 1.09 bits per heavy atom. The van der Waals surface area contributed by atoms with Gasteiger partial charge in [0, 0.05) is 0 Å². The molecule has 1 heteroatoms. The monoisotopic (exact) mass is 156 g/mol. The van der Waals surface area contributed by atoms with Crippen LogP contribution in [0.1, 0.15) is 52.4 Å². The van der Waals surface area contributed by atoms with Crippen molar-refractivity contribution in [3.63, 3.8) is 0 Å². The molecule has 0 radical (unpaired) electrons. The van der Waals surface area contributed by atoms with Gasteiger partial charge in [-0.1, -0.05) is 39.0 Å². The van der Waals surface area contributed by atoms with Gasteiger partial charge in [0.1, 0.15) is 0 Å². The molecule has 0 aromatic carbocycles. The van der Waals surface area contributed by atoms with Gasteiger partial charge in [0.2, 0.25) is 0 Å². The van der Waals surface area contributed by atoms with Crippen molar-refractivity contribution in [1.82, 2.24) is 0 Å². The maximum absolute atomic E-state index is 5.32. The Morgan fingerprint density at radius 2 is 1.73 bits per heavy atom. The molecule has 0 N–H and O–H groups in total. The number of unbranched alkanes of at least 4 members (excludes halogenated alkanes) is 4. The van der Waals surface area contributed by atoms with Gasteiger partial charge in [-0.25, -0.2) is 0 Å². The lowest BCUT2D eigenvalue weighted by Gasteiger charge is -1.96. The van der Waals surface area contributed by atoms with E-state index in [1.807, 2.05) is 0 Å². The Morgan fingerprint density at radius 3 is 2.27 bits per heavy atom. The summed E-state index contributed by atoms with van der Waals surface area (Å²) in [4.78, 5) is 0. The molecule has 0 bridgehead atoms. The van der Waals surface area contributed by atoms with Crippen molar-refractivity contribution >= 4 is 0 Å². The highest BCUT2D eigenvalue weighted by Gasteiger charge is 2.32. The van der Waals surface area contributed by atoms with E-state index in [-0.39, 0.29) is 0 Å². The van der Waals surface area contributed by atoms with Crippen LogP contribution in [-0.4, -0.2) is 12.2 Å². The molecule has 1 saturated heterocycles. The topological polar surface area (TPSA) is 12.5 Å². The third-order valence-electron chi connectivity index (χ3n) is 2.43. The summed E-state index contributed by atoms with van der Waals surface area (Å²) in [6.07, 6.45) is 9.42. The van der Waals surface area contributed by atoms with Gasteiger partial charge in [0.15, 0.2) is 0 Å². The summed E-state index contributed by atoms with van der Waals surface area (Å²) in [6, 6.07) is 0. The van der Waals surface area contributed by atoms with Crippen LogP contribution in [-0.2, 0) is 4.74 Å². The molecule has 1 aliphatic rings. The number of hydrogen-bond donors (Lipinski definition) is 0. The van der Waals surface area contributed by atoms with E-state index in [2.05, 4.69) is 13.8 Å². The smallest absolute Gasteiger partial charge is 0.0839 e. The standard InChI is InChI=1S/C10H20O/c1-3-4-5-6-7-8-10-9(2)11-10/h9-10H,3-8H2,1-2H3/t9-,10-/m0/s1. The normalized spacial score (nSPS) is 28.9. The van der Waals surface area contributed by atoms with Crippen LogP contribution in [0.2, 0.25) is 0 Å². The summed E-state index contributed by atoms with van der Waals surface area (Å²) in [5.41, 5.74) is 0. The lowest BCUT2D eigenvalue weighted by atomic mass is 10.1. The lowest BCUT2D eigenvalue weighted by molar-refractivity contribution is 0.364. The van der Waals surface area contributed by atoms with E-state index in [1.165, 1.54) is 38.5 Å². The molecule has 0 aromatic heterocycles. The minimum atomic E-state index is 0.571. The Bertz CT molecular complexity index is 101. The van der Waals surface area contributed by atoms with E-state index in [0.717, 1.165) is 0 Å². The zero-order chi connectivity index (χ0) is 8.10. The first-order valence-corrected chi connectivity index (χ1v) is 5.00. The van der Waals surface area contributed by atoms with E-state index in [1.54, 1.807) is 0 Å². The van der Waals surface area contributed by atoms with Crippen LogP contribution in [0, 0.1) is 0 Å². The fourth-order valence-electron chi connectivity index (χ4n) is 1.48. The number of hydrogen-bond acceptors (Lipinski definition) is 1. The minimum absolute atomic E-state index is 0.571. The number of epoxide rings is 1.